The molecule has 0 spiro atoms. The van der Waals surface area contributed by atoms with E-state index in [4.69, 9.17) is 4.42 Å². The van der Waals surface area contributed by atoms with Crippen LogP contribution >= 0.6 is 31.9 Å². The lowest BCUT2D eigenvalue weighted by Crippen LogP contribution is -2.20. The number of hydrogen-bond acceptors (Lipinski definition) is 4. The van der Waals surface area contributed by atoms with Gasteiger partial charge in [-0.25, -0.2) is 4.98 Å². The third-order valence-corrected chi connectivity index (χ3v) is 5.88. The Balaban J connectivity index is 1.94. The van der Waals surface area contributed by atoms with Gasteiger partial charge >= 0.3 is 6.18 Å². The summed E-state index contributed by atoms with van der Waals surface area (Å²) < 4.78 is 47.0. The van der Waals surface area contributed by atoms with Gasteiger partial charge in [0.05, 0.1) is 27.2 Å². The fraction of sp³-hybridized carbons (Fsp3) is 0.0500. The molecular formula is C20H10Br2F3N3O2. The molecule has 0 N–H and O–H groups in total. The standard InChI is InChI=1S/C20H10Br2F3N3O2/c21-15-9-13(30-17(15)22)10-26-28-18(11-4-3-5-12(8-11)20(23,24)25)27-16-7-2-1-6-14(16)19(28)29/h1-10H. The van der Waals surface area contributed by atoms with Crippen LogP contribution in [0.5, 0.6) is 0 Å². The SMILES string of the molecule is O=c1c2ccccc2nc(-c2cccc(C(F)(F)F)c2)n1N=Cc1cc(Br)c(Br)o1. The summed E-state index contributed by atoms with van der Waals surface area (Å²) in [6, 6.07) is 12.8. The van der Waals surface area contributed by atoms with E-state index in [1.807, 2.05) is 0 Å². The van der Waals surface area contributed by atoms with Crippen LogP contribution in [0.3, 0.4) is 0 Å². The Morgan fingerprint density at radius 2 is 1.83 bits per heavy atom. The zero-order valence-electron chi connectivity index (χ0n) is 14.8. The van der Waals surface area contributed by atoms with E-state index in [1.165, 1.54) is 18.3 Å². The van der Waals surface area contributed by atoms with Gasteiger partial charge in [0.2, 0.25) is 0 Å². The summed E-state index contributed by atoms with van der Waals surface area (Å²) in [5.74, 6) is 0.300. The van der Waals surface area contributed by atoms with Crippen molar-refractivity contribution in [3.05, 3.63) is 85.4 Å². The highest BCUT2D eigenvalue weighted by atomic mass is 79.9. The van der Waals surface area contributed by atoms with Crippen LogP contribution in [0.25, 0.3) is 22.3 Å². The van der Waals surface area contributed by atoms with Crippen molar-refractivity contribution in [3.8, 4) is 11.4 Å². The first-order valence-electron chi connectivity index (χ1n) is 8.42. The molecule has 0 saturated heterocycles. The highest BCUT2D eigenvalue weighted by Crippen LogP contribution is 2.32. The largest absolute Gasteiger partial charge is 0.447 e. The molecule has 10 heteroatoms. The lowest BCUT2D eigenvalue weighted by molar-refractivity contribution is -0.137. The number of fused-ring (bicyclic) bond motifs is 1. The second kappa shape index (κ2) is 7.84. The Bertz CT molecular complexity index is 1320. The van der Waals surface area contributed by atoms with E-state index in [0.717, 1.165) is 16.8 Å². The molecular weight excluding hydrogens is 531 g/mol. The number of halogens is 5. The average molecular weight is 541 g/mol. The van der Waals surface area contributed by atoms with Crippen LogP contribution in [0.4, 0.5) is 13.2 Å². The van der Waals surface area contributed by atoms with Crippen LogP contribution in [0.15, 0.2) is 78.1 Å². The number of furan rings is 1. The third-order valence-electron chi connectivity index (χ3n) is 4.17. The van der Waals surface area contributed by atoms with E-state index >= 15 is 0 Å². The molecule has 0 bridgehead atoms. The maximum Gasteiger partial charge on any atom is 0.416 e. The van der Waals surface area contributed by atoms with Crippen molar-refractivity contribution in [2.75, 3.05) is 0 Å². The monoisotopic (exact) mass is 539 g/mol. The Hall–Kier alpha value is -2.72. The number of benzene rings is 2. The summed E-state index contributed by atoms with van der Waals surface area (Å²) in [5.41, 5.74) is -0.915. The second-order valence-electron chi connectivity index (χ2n) is 6.16. The zero-order valence-corrected chi connectivity index (χ0v) is 18.0. The van der Waals surface area contributed by atoms with Crippen LogP contribution < -0.4 is 5.56 Å². The summed E-state index contributed by atoms with van der Waals surface area (Å²) in [5, 5.41) is 4.43. The Morgan fingerprint density at radius 1 is 1.07 bits per heavy atom. The van der Waals surface area contributed by atoms with Gasteiger partial charge in [0.1, 0.15) is 5.76 Å². The van der Waals surface area contributed by atoms with Crippen molar-refractivity contribution in [2.24, 2.45) is 5.10 Å². The van der Waals surface area contributed by atoms with Crippen molar-refractivity contribution < 1.29 is 17.6 Å². The molecule has 0 saturated carbocycles. The molecule has 2 aromatic heterocycles. The van der Waals surface area contributed by atoms with Gasteiger partial charge in [0.25, 0.3) is 5.56 Å². The van der Waals surface area contributed by atoms with Crippen LogP contribution in [0.2, 0.25) is 0 Å². The smallest absolute Gasteiger partial charge is 0.416 e. The molecule has 4 aromatic rings. The van der Waals surface area contributed by atoms with Gasteiger partial charge in [0.15, 0.2) is 10.5 Å². The molecule has 2 heterocycles. The Morgan fingerprint density at radius 3 is 2.53 bits per heavy atom. The molecule has 0 unspecified atom stereocenters. The van der Waals surface area contributed by atoms with Gasteiger partial charge in [0, 0.05) is 11.6 Å². The van der Waals surface area contributed by atoms with E-state index in [9.17, 15) is 18.0 Å². The molecule has 2 aromatic carbocycles. The van der Waals surface area contributed by atoms with Gasteiger partial charge < -0.3 is 4.42 Å². The predicted molar refractivity (Wildman–Crippen MR) is 114 cm³/mol. The van der Waals surface area contributed by atoms with Crippen molar-refractivity contribution in [3.63, 3.8) is 0 Å². The first-order chi connectivity index (χ1) is 14.2. The molecule has 5 nitrogen and oxygen atoms in total. The minimum Gasteiger partial charge on any atom is -0.447 e. The topological polar surface area (TPSA) is 60.4 Å². The molecule has 0 atom stereocenters. The lowest BCUT2D eigenvalue weighted by Gasteiger charge is -2.11. The summed E-state index contributed by atoms with van der Waals surface area (Å²) in [7, 11) is 0. The highest BCUT2D eigenvalue weighted by Gasteiger charge is 2.30. The van der Waals surface area contributed by atoms with Crippen LogP contribution in [-0.4, -0.2) is 15.9 Å². The number of alkyl halides is 3. The summed E-state index contributed by atoms with van der Waals surface area (Å²) in [6.45, 7) is 0. The highest BCUT2D eigenvalue weighted by molar-refractivity contribution is 9.13. The third kappa shape index (κ3) is 3.97. The fourth-order valence-corrected chi connectivity index (χ4v) is 3.40. The van der Waals surface area contributed by atoms with Crippen LogP contribution in [-0.2, 0) is 6.18 Å². The van der Waals surface area contributed by atoms with E-state index in [1.54, 1.807) is 30.3 Å². The molecule has 0 aliphatic rings. The van der Waals surface area contributed by atoms with Crippen molar-refractivity contribution >= 4 is 49.0 Å². The molecule has 0 radical (unpaired) electrons. The minimum atomic E-state index is -4.53. The lowest BCUT2D eigenvalue weighted by atomic mass is 10.1. The molecule has 30 heavy (non-hydrogen) atoms. The molecule has 0 amide bonds. The van der Waals surface area contributed by atoms with Gasteiger partial charge in [-0.2, -0.15) is 22.9 Å². The van der Waals surface area contributed by atoms with Gasteiger partial charge in [-0.3, -0.25) is 4.79 Å². The first kappa shape index (κ1) is 20.5. The van der Waals surface area contributed by atoms with Crippen molar-refractivity contribution in [2.45, 2.75) is 6.18 Å². The second-order valence-corrected chi connectivity index (χ2v) is 7.74. The van der Waals surface area contributed by atoms with Crippen molar-refractivity contribution in [1.29, 1.82) is 0 Å². The minimum absolute atomic E-state index is 0.0225. The summed E-state index contributed by atoms with van der Waals surface area (Å²) in [6.07, 6.45) is -3.25. The zero-order chi connectivity index (χ0) is 21.5. The summed E-state index contributed by atoms with van der Waals surface area (Å²) >= 11 is 6.48. The van der Waals surface area contributed by atoms with E-state index in [0.29, 0.717) is 20.4 Å². The van der Waals surface area contributed by atoms with Crippen LogP contribution in [0, 0.1) is 0 Å². The molecule has 0 fully saturated rings. The number of nitrogens with zero attached hydrogens (tertiary/aromatic N) is 3. The number of para-hydroxylation sites is 1. The van der Waals surface area contributed by atoms with E-state index in [-0.39, 0.29) is 16.8 Å². The number of aromatic nitrogens is 2. The first-order valence-corrected chi connectivity index (χ1v) is 10.0. The van der Waals surface area contributed by atoms with Gasteiger partial charge in [-0.15, -0.1) is 0 Å². The predicted octanol–water partition coefficient (Wildman–Crippen LogP) is 6.08. The molecule has 4 rings (SSSR count). The maximum atomic E-state index is 13.2. The van der Waals surface area contributed by atoms with E-state index < -0.39 is 17.3 Å². The van der Waals surface area contributed by atoms with E-state index in [2.05, 4.69) is 41.9 Å². The Kier molecular flexibility index (Phi) is 5.37. The average Bonchev–Trinajstić information content (AvgIpc) is 3.04. The Labute approximate surface area is 184 Å². The maximum absolute atomic E-state index is 13.2. The molecule has 0 aliphatic heterocycles. The fourth-order valence-electron chi connectivity index (χ4n) is 2.79. The molecule has 152 valence electrons. The summed E-state index contributed by atoms with van der Waals surface area (Å²) in [4.78, 5) is 17.4. The van der Waals surface area contributed by atoms with Crippen molar-refractivity contribution in [1.82, 2.24) is 9.66 Å². The number of hydrogen-bond donors (Lipinski definition) is 0. The van der Waals surface area contributed by atoms with Crippen LogP contribution in [0.1, 0.15) is 11.3 Å². The quantitative estimate of drug-likeness (QED) is 0.296. The van der Waals surface area contributed by atoms with Gasteiger partial charge in [-0.05, 0) is 56.1 Å². The normalized spacial score (nSPS) is 12.2. The molecule has 0 aliphatic carbocycles. The number of rotatable bonds is 3. The van der Waals surface area contributed by atoms with Gasteiger partial charge in [-0.1, -0.05) is 24.3 Å².